The number of benzene rings is 1. The largest absolute Gasteiger partial charge is 0.464 e. The number of nitro groups is 1. The van der Waals surface area contributed by atoms with Crippen LogP contribution in [0.1, 0.15) is 16.1 Å². The summed E-state index contributed by atoms with van der Waals surface area (Å²) in [6.45, 7) is 0.294. The van der Waals surface area contributed by atoms with Crippen LogP contribution >= 0.6 is 11.6 Å². The van der Waals surface area contributed by atoms with Gasteiger partial charge in [-0.2, -0.15) is 0 Å². The van der Waals surface area contributed by atoms with Gasteiger partial charge in [-0.1, -0.05) is 11.6 Å². The highest BCUT2D eigenvalue weighted by Gasteiger charge is 2.12. The van der Waals surface area contributed by atoms with E-state index < -0.39 is 10.9 Å². The Morgan fingerprint density at radius 2 is 2.20 bits per heavy atom. The van der Waals surface area contributed by atoms with E-state index in [4.69, 9.17) is 11.6 Å². The molecule has 0 aliphatic carbocycles. The van der Waals surface area contributed by atoms with Crippen molar-refractivity contribution in [1.29, 1.82) is 0 Å². The topological polar surface area (TPSA) is 110 Å². The van der Waals surface area contributed by atoms with Crippen molar-refractivity contribution in [2.45, 2.75) is 6.54 Å². The summed E-state index contributed by atoms with van der Waals surface area (Å²) in [5.74, 6) is -0.476. The van der Waals surface area contributed by atoms with Gasteiger partial charge >= 0.3 is 5.97 Å². The molecule has 2 N–H and O–H groups in total. The summed E-state index contributed by atoms with van der Waals surface area (Å²) in [5, 5.41) is 15.1. The molecule has 0 bridgehead atoms. The first-order chi connectivity index (χ1) is 12.0. The number of hydrogen-bond acceptors (Lipinski definition) is 6. The van der Waals surface area contributed by atoms with E-state index in [1.165, 1.54) is 25.3 Å². The normalized spacial score (nSPS) is 10.6. The number of non-ortho nitro benzene ring substituents is 1. The van der Waals surface area contributed by atoms with Gasteiger partial charge in [0, 0.05) is 29.1 Å². The van der Waals surface area contributed by atoms with Crippen LogP contribution in [0.3, 0.4) is 0 Å². The average Bonchev–Trinajstić information content (AvgIpc) is 3.03. The number of aromatic nitrogens is 2. The number of rotatable bonds is 5. The highest BCUT2D eigenvalue weighted by atomic mass is 35.5. The molecule has 0 saturated carbocycles. The number of nitrogens with zero attached hydrogens (tertiary/aromatic N) is 2. The van der Waals surface area contributed by atoms with E-state index in [1.54, 1.807) is 18.3 Å². The summed E-state index contributed by atoms with van der Waals surface area (Å²) in [7, 11) is 1.30. The summed E-state index contributed by atoms with van der Waals surface area (Å²) >= 11 is 6.08. The lowest BCUT2D eigenvalue weighted by molar-refractivity contribution is -0.384. The van der Waals surface area contributed by atoms with Gasteiger partial charge in [-0.15, -0.1) is 0 Å². The highest BCUT2D eigenvalue weighted by Crippen LogP contribution is 2.24. The Bertz CT molecular complexity index is 970. The smallest absolute Gasteiger partial charge is 0.354 e. The van der Waals surface area contributed by atoms with Crippen molar-refractivity contribution >= 4 is 40.0 Å². The van der Waals surface area contributed by atoms with Gasteiger partial charge in [0.15, 0.2) is 0 Å². The number of carbonyl (C=O) groups is 1. The van der Waals surface area contributed by atoms with E-state index in [1.807, 2.05) is 0 Å². The molecule has 0 aliphatic rings. The maximum Gasteiger partial charge on any atom is 0.354 e. The summed E-state index contributed by atoms with van der Waals surface area (Å²) < 4.78 is 4.66. The molecule has 1 aromatic carbocycles. The second kappa shape index (κ2) is 6.78. The molecule has 3 aromatic rings. The number of fused-ring (bicyclic) bond motifs is 1. The standard InChI is InChI=1S/C16H13ClN4O4/c1-25-16(22)14-6-9-4-11(8-19-15(9)20-14)18-7-10-5-12(21(23)24)2-3-13(10)17/h2-6,8,18H,7H2,1H3,(H,19,20). The van der Waals surface area contributed by atoms with E-state index in [-0.39, 0.29) is 5.69 Å². The third-order valence-corrected chi connectivity index (χ3v) is 3.97. The van der Waals surface area contributed by atoms with Gasteiger partial charge < -0.3 is 15.0 Å². The summed E-state index contributed by atoms with van der Waals surface area (Å²) in [4.78, 5) is 29.0. The van der Waals surface area contributed by atoms with Crippen LogP contribution in [0.15, 0.2) is 36.5 Å². The minimum atomic E-state index is -0.476. The molecular weight excluding hydrogens is 348 g/mol. The molecule has 8 nitrogen and oxygen atoms in total. The van der Waals surface area contributed by atoms with Gasteiger partial charge in [-0.05, 0) is 23.8 Å². The number of hydrogen-bond donors (Lipinski definition) is 2. The van der Waals surface area contributed by atoms with Crippen molar-refractivity contribution in [3.8, 4) is 0 Å². The molecule has 9 heteroatoms. The first-order valence-electron chi connectivity index (χ1n) is 7.21. The molecule has 0 atom stereocenters. The van der Waals surface area contributed by atoms with Crippen molar-refractivity contribution in [2.24, 2.45) is 0 Å². The highest BCUT2D eigenvalue weighted by molar-refractivity contribution is 6.31. The van der Waals surface area contributed by atoms with Crippen molar-refractivity contribution in [1.82, 2.24) is 9.97 Å². The minimum absolute atomic E-state index is 0.0249. The SMILES string of the molecule is COC(=O)c1cc2cc(NCc3cc([N+](=O)[O-])ccc3Cl)cnc2[nH]1. The predicted octanol–water partition coefficient (Wildman–Crippen LogP) is 3.52. The first-order valence-corrected chi connectivity index (χ1v) is 7.59. The fourth-order valence-electron chi connectivity index (χ4n) is 2.34. The van der Waals surface area contributed by atoms with Gasteiger partial charge in [0.25, 0.3) is 5.69 Å². The third kappa shape index (κ3) is 3.53. The zero-order valence-corrected chi connectivity index (χ0v) is 13.8. The number of aromatic amines is 1. The molecule has 0 fully saturated rings. The number of nitro benzene ring substituents is 1. The van der Waals surface area contributed by atoms with Crippen LogP contribution in [0.2, 0.25) is 5.02 Å². The Labute approximate surface area is 146 Å². The van der Waals surface area contributed by atoms with Gasteiger partial charge in [-0.25, -0.2) is 9.78 Å². The van der Waals surface area contributed by atoms with Gasteiger partial charge in [0.2, 0.25) is 0 Å². The monoisotopic (exact) mass is 360 g/mol. The third-order valence-electron chi connectivity index (χ3n) is 3.60. The van der Waals surface area contributed by atoms with E-state index in [0.29, 0.717) is 34.2 Å². The van der Waals surface area contributed by atoms with E-state index in [2.05, 4.69) is 20.0 Å². The molecule has 0 aliphatic heterocycles. The van der Waals surface area contributed by atoms with Crippen LogP contribution in [0.4, 0.5) is 11.4 Å². The Hall–Kier alpha value is -3.13. The number of H-pyrrole nitrogens is 1. The van der Waals surface area contributed by atoms with E-state index in [0.717, 1.165) is 5.39 Å². The second-order valence-electron chi connectivity index (χ2n) is 5.22. The van der Waals surface area contributed by atoms with Crippen LogP contribution in [0, 0.1) is 10.1 Å². The number of halogens is 1. The molecule has 25 heavy (non-hydrogen) atoms. The summed E-state index contributed by atoms with van der Waals surface area (Å²) in [5.41, 5.74) is 2.12. The van der Waals surface area contributed by atoms with E-state index in [9.17, 15) is 14.9 Å². The van der Waals surface area contributed by atoms with Crippen LogP contribution < -0.4 is 5.32 Å². The van der Waals surface area contributed by atoms with Crippen molar-refractivity contribution in [3.63, 3.8) is 0 Å². The lowest BCUT2D eigenvalue weighted by Gasteiger charge is -2.08. The lowest BCUT2D eigenvalue weighted by atomic mass is 10.2. The average molecular weight is 361 g/mol. The minimum Gasteiger partial charge on any atom is -0.464 e. The number of ether oxygens (including phenoxy) is 1. The molecule has 0 spiro atoms. The van der Waals surface area contributed by atoms with Crippen molar-refractivity contribution in [2.75, 3.05) is 12.4 Å². The molecule has 0 unspecified atom stereocenters. The Kier molecular flexibility index (Phi) is 4.53. The second-order valence-corrected chi connectivity index (χ2v) is 5.63. The zero-order chi connectivity index (χ0) is 18.0. The number of nitrogens with one attached hydrogen (secondary N) is 2. The molecule has 0 saturated heterocycles. The van der Waals surface area contributed by atoms with Gasteiger partial charge in [-0.3, -0.25) is 10.1 Å². The summed E-state index contributed by atoms with van der Waals surface area (Å²) in [6, 6.07) is 7.71. The number of methoxy groups -OCH3 is 1. The first kappa shape index (κ1) is 16.7. The van der Waals surface area contributed by atoms with Crippen molar-refractivity contribution in [3.05, 3.63) is 62.9 Å². The molecule has 0 amide bonds. The Balaban J connectivity index is 1.80. The zero-order valence-electron chi connectivity index (χ0n) is 13.1. The van der Waals surface area contributed by atoms with E-state index >= 15 is 0 Å². The Morgan fingerprint density at radius 3 is 2.92 bits per heavy atom. The number of anilines is 1. The van der Waals surface area contributed by atoms with Crippen molar-refractivity contribution < 1.29 is 14.5 Å². The quantitative estimate of drug-likeness (QED) is 0.409. The van der Waals surface area contributed by atoms with Gasteiger partial charge in [0.1, 0.15) is 11.3 Å². The molecule has 3 rings (SSSR count). The number of esters is 1. The number of carbonyl (C=O) groups excluding carboxylic acids is 1. The fraction of sp³-hybridized carbons (Fsp3) is 0.125. The van der Waals surface area contributed by atoms with Gasteiger partial charge in [0.05, 0.1) is 23.9 Å². The molecule has 2 aromatic heterocycles. The maximum absolute atomic E-state index is 11.5. The van der Waals surface area contributed by atoms with Crippen LogP contribution in [-0.4, -0.2) is 28.0 Å². The summed E-state index contributed by atoms with van der Waals surface area (Å²) in [6.07, 6.45) is 1.59. The molecular formula is C16H13ClN4O4. The van der Waals surface area contributed by atoms with Crippen LogP contribution in [0.25, 0.3) is 11.0 Å². The molecule has 128 valence electrons. The fourth-order valence-corrected chi connectivity index (χ4v) is 2.52. The van der Waals surface area contributed by atoms with Crippen LogP contribution in [-0.2, 0) is 11.3 Å². The number of pyridine rings is 1. The van der Waals surface area contributed by atoms with Crippen LogP contribution in [0.5, 0.6) is 0 Å². The molecule has 2 heterocycles. The lowest BCUT2D eigenvalue weighted by Crippen LogP contribution is -2.01. The molecule has 0 radical (unpaired) electrons. The maximum atomic E-state index is 11.5. The Morgan fingerprint density at radius 1 is 1.40 bits per heavy atom. The predicted molar refractivity (Wildman–Crippen MR) is 92.9 cm³/mol.